The number of nitrogens with zero attached hydrogens (tertiary/aromatic N) is 2. The molecule has 2 aliphatic rings. The van der Waals surface area contributed by atoms with Gasteiger partial charge in [0.05, 0.1) is 13.1 Å². The Morgan fingerprint density at radius 3 is 2.92 bits per heavy atom. The fourth-order valence-electron chi connectivity index (χ4n) is 3.75. The van der Waals surface area contributed by atoms with E-state index in [0.29, 0.717) is 37.9 Å². The van der Waals surface area contributed by atoms with Crippen molar-refractivity contribution in [3.63, 3.8) is 0 Å². The summed E-state index contributed by atoms with van der Waals surface area (Å²) in [4.78, 5) is 25.9. The average Bonchev–Trinajstić information content (AvgIpc) is 3.17. The second-order valence-corrected chi connectivity index (χ2v) is 6.83. The number of rotatable bonds is 7. The van der Waals surface area contributed by atoms with Crippen molar-refractivity contribution in [3.05, 3.63) is 24.0 Å². The fourth-order valence-corrected chi connectivity index (χ4v) is 3.75. The molecule has 2 fully saturated rings. The molecule has 3 heterocycles. The molecule has 2 saturated heterocycles. The predicted molar refractivity (Wildman–Crippen MR) is 92.2 cm³/mol. The summed E-state index contributed by atoms with van der Waals surface area (Å²) in [5.74, 6) is 0.346. The van der Waals surface area contributed by atoms with E-state index >= 15 is 0 Å². The highest BCUT2D eigenvalue weighted by atomic mass is 16.5. The Bertz CT molecular complexity index is 622. The van der Waals surface area contributed by atoms with Crippen LogP contribution in [0.4, 0.5) is 0 Å². The van der Waals surface area contributed by atoms with Crippen LogP contribution >= 0.6 is 0 Å². The lowest BCUT2D eigenvalue weighted by atomic mass is 9.79. The van der Waals surface area contributed by atoms with Crippen molar-refractivity contribution >= 4 is 11.8 Å². The first-order valence-electron chi connectivity index (χ1n) is 8.95. The number of hydrogen-bond donors (Lipinski definition) is 1. The van der Waals surface area contributed by atoms with Crippen LogP contribution in [0.5, 0.6) is 0 Å². The van der Waals surface area contributed by atoms with E-state index in [9.17, 15) is 9.59 Å². The van der Waals surface area contributed by atoms with Crippen LogP contribution in [0.3, 0.4) is 0 Å². The highest BCUT2D eigenvalue weighted by Crippen LogP contribution is 2.41. The molecule has 25 heavy (non-hydrogen) atoms. The molecule has 2 amide bonds. The van der Waals surface area contributed by atoms with Crippen molar-refractivity contribution in [3.8, 4) is 0 Å². The summed E-state index contributed by atoms with van der Waals surface area (Å²) in [6.07, 6.45) is 3.70. The lowest BCUT2D eigenvalue weighted by Crippen LogP contribution is -2.66. The Morgan fingerprint density at radius 1 is 1.44 bits per heavy atom. The summed E-state index contributed by atoms with van der Waals surface area (Å²) in [7, 11) is 1.86. The van der Waals surface area contributed by atoms with Gasteiger partial charge in [0, 0.05) is 33.0 Å². The van der Waals surface area contributed by atoms with Gasteiger partial charge in [-0.25, -0.2) is 0 Å². The van der Waals surface area contributed by atoms with E-state index < -0.39 is 0 Å². The number of amides is 2. The molecule has 0 unspecified atom stereocenters. The SMILES string of the molecule is CCOCC(=O)N1CC2(C1)OCC[C@H]2CCNC(=O)c1cccn1C. The van der Waals surface area contributed by atoms with Crippen LogP contribution in [0.2, 0.25) is 0 Å². The van der Waals surface area contributed by atoms with Gasteiger partial charge in [0.1, 0.15) is 17.9 Å². The van der Waals surface area contributed by atoms with Crippen molar-refractivity contribution in [2.75, 3.05) is 39.5 Å². The average molecular weight is 349 g/mol. The van der Waals surface area contributed by atoms with E-state index in [1.54, 1.807) is 4.90 Å². The van der Waals surface area contributed by atoms with Gasteiger partial charge in [0.25, 0.3) is 5.91 Å². The van der Waals surface area contributed by atoms with Gasteiger partial charge in [-0.05, 0) is 37.8 Å². The van der Waals surface area contributed by atoms with E-state index in [-0.39, 0.29) is 24.0 Å². The number of hydrogen-bond acceptors (Lipinski definition) is 4. The lowest BCUT2D eigenvalue weighted by Gasteiger charge is -2.50. The summed E-state index contributed by atoms with van der Waals surface area (Å²) in [6, 6.07) is 3.67. The number of ether oxygens (including phenoxy) is 2. The first-order valence-corrected chi connectivity index (χ1v) is 8.95. The first kappa shape index (κ1) is 17.9. The summed E-state index contributed by atoms with van der Waals surface area (Å²) < 4.78 is 13.0. The van der Waals surface area contributed by atoms with Gasteiger partial charge in [-0.15, -0.1) is 0 Å². The van der Waals surface area contributed by atoms with Gasteiger partial charge in [-0.1, -0.05) is 0 Å². The van der Waals surface area contributed by atoms with E-state index in [2.05, 4.69) is 5.32 Å². The van der Waals surface area contributed by atoms with Gasteiger partial charge < -0.3 is 24.3 Å². The Hall–Kier alpha value is -1.86. The minimum atomic E-state index is -0.225. The number of aryl methyl sites for hydroxylation is 1. The summed E-state index contributed by atoms with van der Waals surface area (Å²) in [6.45, 7) is 5.18. The predicted octanol–water partition coefficient (Wildman–Crippen LogP) is 0.799. The molecule has 7 heteroatoms. The van der Waals surface area contributed by atoms with Crippen molar-refractivity contribution in [2.45, 2.75) is 25.4 Å². The minimum Gasteiger partial charge on any atom is -0.372 e. The minimum absolute atomic E-state index is 0.0266. The third kappa shape index (κ3) is 3.72. The van der Waals surface area contributed by atoms with Gasteiger partial charge in [-0.2, -0.15) is 0 Å². The van der Waals surface area contributed by atoms with Crippen LogP contribution < -0.4 is 5.32 Å². The Balaban J connectivity index is 1.45. The maximum atomic E-state index is 12.2. The molecular formula is C18H27N3O4. The molecule has 7 nitrogen and oxygen atoms in total. The highest BCUT2D eigenvalue weighted by Gasteiger charge is 2.53. The third-order valence-electron chi connectivity index (χ3n) is 5.25. The van der Waals surface area contributed by atoms with Crippen molar-refractivity contribution in [2.24, 2.45) is 13.0 Å². The van der Waals surface area contributed by atoms with E-state index in [0.717, 1.165) is 19.4 Å². The third-order valence-corrected chi connectivity index (χ3v) is 5.25. The Morgan fingerprint density at radius 2 is 2.24 bits per heavy atom. The zero-order valence-corrected chi connectivity index (χ0v) is 15.0. The highest BCUT2D eigenvalue weighted by molar-refractivity contribution is 5.92. The molecule has 0 bridgehead atoms. The number of aromatic nitrogens is 1. The molecule has 1 N–H and O–H groups in total. The Kier molecular flexibility index (Phi) is 5.44. The van der Waals surface area contributed by atoms with Crippen molar-refractivity contribution in [1.29, 1.82) is 0 Å². The summed E-state index contributed by atoms with van der Waals surface area (Å²) >= 11 is 0. The monoisotopic (exact) mass is 349 g/mol. The second kappa shape index (κ2) is 7.58. The van der Waals surface area contributed by atoms with Gasteiger partial charge >= 0.3 is 0 Å². The van der Waals surface area contributed by atoms with E-state index in [4.69, 9.17) is 9.47 Å². The lowest BCUT2D eigenvalue weighted by molar-refractivity contribution is -0.169. The quantitative estimate of drug-likeness (QED) is 0.790. The number of likely N-dealkylation sites (tertiary alicyclic amines) is 1. The van der Waals surface area contributed by atoms with Gasteiger partial charge in [0.2, 0.25) is 5.91 Å². The van der Waals surface area contributed by atoms with Crippen LogP contribution in [-0.4, -0.2) is 66.3 Å². The van der Waals surface area contributed by atoms with Crippen LogP contribution in [0.25, 0.3) is 0 Å². The van der Waals surface area contributed by atoms with Crippen LogP contribution in [0.1, 0.15) is 30.3 Å². The topological polar surface area (TPSA) is 72.8 Å². The molecule has 138 valence electrons. The second-order valence-electron chi connectivity index (χ2n) is 6.83. The molecule has 1 aromatic rings. The Labute approximate surface area is 148 Å². The molecule has 0 saturated carbocycles. The molecule has 3 rings (SSSR count). The maximum Gasteiger partial charge on any atom is 0.267 e. The smallest absolute Gasteiger partial charge is 0.267 e. The summed E-state index contributed by atoms with van der Waals surface area (Å²) in [5, 5.41) is 2.98. The zero-order valence-electron chi connectivity index (χ0n) is 15.0. The van der Waals surface area contributed by atoms with Gasteiger partial charge in [-0.3, -0.25) is 9.59 Å². The molecule has 0 radical (unpaired) electrons. The standard InChI is InChI=1S/C18H27N3O4/c1-3-24-11-16(22)21-12-18(13-21)14(7-10-25-18)6-8-19-17(23)15-5-4-9-20(15)2/h4-5,9,14H,3,6-8,10-13H2,1-2H3,(H,19,23)/t14-/m1/s1. The largest absolute Gasteiger partial charge is 0.372 e. The first-order chi connectivity index (χ1) is 12.1. The zero-order chi connectivity index (χ0) is 17.9. The van der Waals surface area contributed by atoms with Crippen LogP contribution in [-0.2, 0) is 21.3 Å². The molecule has 0 aromatic carbocycles. The van der Waals surface area contributed by atoms with E-state index in [1.165, 1.54) is 0 Å². The molecule has 2 aliphatic heterocycles. The number of carbonyl (C=O) groups is 2. The maximum absolute atomic E-state index is 12.2. The molecule has 1 aromatic heterocycles. The fraction of sp³-hybridized carbons (Fsp3) is 0.667. The molecule has 0 aliphatic carbocycles. The molecular weight excluding hydrogens is 322 g/mol. The van der Waals surface area contributed by atoms with Crippen LogP contribution in [0.15, 0.2) is 18.3 Å². The van der Waals surface area contributed by atoms with Gasteiger partial charge in [0.15, 0.2) is 0 Å². The van der Waals surface area contributed by atoms with Crippen LogP contribution in [0, 0.1) is 5.92 Å². The number of carbonyl (C=O) groups excluding carboxylic acids is 2. The molecule has 1 spiro atoms. The molecule has 1 atom stereocenters. The van der Waals surface area contributed by atoms with E-state index in [1.807, 2.05) is 36.9 Å². The normalized spacial score (nSPS) is 21.4. The number of nitrogens with one attached hydrogen (secondary N) is 1. The summed E-state index contributed by atoms with van der Waals surface area (Å²) in [5.41, 5.74) is 0.436. The van der Waals surface area contributed by atoms with Crippen molar-refractivity contribution in [1.82, 2.24) is 14.8 Å². The van der Waals surface area contributed by atoms with Crippen molar-refractivity contribution < 1.29 is 19.1 Å².